The highest BCUT2D eigenvalue weighted by atomic mass is 32.2. The van der Waals surface area contributed by atoms with Gasteiger partial charge in [-0.1, -0.05) is 19.1 Å². The third-order valence-corrected chi connectivity index (χ3v) is 5.31. The first-order valence-electron chi connectivity index (χ1n) is 6.30. The number of carboxylic acid groups (broad SMARTS) is 1. The van der Waals surface area contributed by atoms with Gasteiger partial charge in [-0.25, -0.2) is 8.42 Å². The van der Waals surface area contributed by atoms with Crippen molar-refractivity contribution >= 4 is 16.0 Å². The lowest BCUT2D eigenvalue weighted by atomic mass is 10.2. The predicted octanol–water partition coefficient (Wildman–Crippen LogP) is 1.49. The smallest absolute Gasteiger partial charge is 0.322 e. The highest BCUT2D eigenvalue weighted by Gasteiger charge is 2.39. The minimum absolute atomic E-state index is 0.181. The molecule has 0 aliphatic carbocycles. The van der Waals surface area contributed by atoms with Gasteiger partial charge in [-0.3, -0.25) is 4.79 Å². The van der Waals surface area contributed by atoms with Crippen LogP contribution in [0.5, 0.6) is 0 Å². The van der Waals surface area contributed by atoms with E-state index in [1.165, 1.54) is 6.07 Å². The molecule has 104 valence electrons. The van der Waals surface area contributed by atoms with Gasteiger partial charge in [0.05, 0.1) is 4.90 Å². The number of carbonyl (C=O) groups is 1. The van der Waals surface area contributed by atoms with Gasteiger partial charge in [-0.2, -0.15) is 4.31 Å². The minimum Gasteiger partial charge on any atom is -0.480 e. The van der Waals surface area contributed by atoms with Crippen molar-refractivity contribution in [2.45, 2.75) is 37.1 Å². The van der Waals surface area contributed by atoms with Crippen molar-refractivity contribution < 1.29 is 18.3 Å². The van der Waals surface area contributed by atoms with Crippen LogP contribution in [-0.4, -0.2) is 36.4 Å². The van der Waals surface area contributed by atoms with Crippen LogP contribution in [0.2, 0.25) is 0 Å². The van der Waals surface area contributed by atoms with Crippen LogP contribution in [0.1, 0.15) is 25.3 Å². The third kappa shape index (κ3) is 2.64. The number of aryl methyl sites for hydroxylation is 1. The van der Waals surface area contributed by atoms with Crippen molar-refractivity contribution in [2.24, 2.45) is 0 Å². The molecule has 0 bridgehead atoms. The summed E-state index contributed by atoms with van der Waals surface area (Å²) in [7, 11) is -3.71. The van der Waals surface area contributed by atoms with E-state index in [4.69, 9.17) is 5.11 Å². The number of nitrogens with zero attached hydrogens (tertiary/aromatic N) is 1. The molecule has 19 heavy (non-hydrogen) atoms. The first-order chi connectivity index (χ1) is 8.96. The van der Waals surface area contributed by atoms with Gasteiger partial charge in [0.25, 0.3) is 0 Å². The number of hydrogen-bond acceptors (Lipinski definition) is 3. The van der Waals surface area contributed by atoms with Crippen molar-refractivity contribution in [1.29, 1.82) is 0 Å². The summed E-state index contributed by atoms with van der Waals surface area (Å²) in [6.45, 7) is 2.22. The summed E-state index contributed by atoms with van der Waals surface area (Å²) >= 11 is 0. The molecule has 1 aromatic carbocycles. The maximum Gasteiger partial charge on any atom is 0.322 e. The van der Waals surface area contributed by atoms with E-state index in [1.54, 1.807) is 12.1 Å². The lowest BCUT2D eigenvalue weighted by Crippen LogP contribution is -2.40. The first-order valence-corrected chi connectivity index (χ1v) is 7.74. The number of hydrogen-bond donors (Lipinski definition) is 1. The molecular formula is C13H17NO4S. The topological polar surface area (TPSA) is 74.7 Å². The third-order valence-electron chi connectivity index (χ3n) is 3.40. The van der Waals surface area contributed by atoms with E-state index in [1.807, 2.05) is 13.0 Å². The minimum atomic E-state index is -3.71. The summed E-state index contributed by atoms with van der Waals surface area (Å²) in [6, 6.07) is 5.75. The molecule has 1 aromatic rings. The predicted molar refractivity (Wildman–Crippen MR) is 70.4 cm³/mol. The fourth-order valence-corrected chi connectivity index (χ4v) is 4.06. The van der Waals surface area contributed by atoms with Crippen LogP contribution in [0, 0.1) is 0 Å². The lowest BCUT2D eigenvalue weighted by molar-refractivity contribution is -0.140. The summed E-state index contributed by atoms with van der Waals surface area (Å²) in [5, 5.41) is 9.09. The molecule has 1 N–H and O–H groups in total. The molecule has 0 saturated carbocycles. The van der Waals surface area contributed by atoms with Gasteiger partial charge in [-0.15, -0.1) is 0 Å². The molecular weight excluding hydrogens is 266 g/mol. The number of carboxylic acids is 1. The maximum absolute atomic E-state index is 12.5. The molecule has 1 heterocycles. The van der Waals surface area contributed by atoms with Crippen molar-refractivity contribution in [1.82, 2.24) is 4.31 Å². The summed E-state index contributed by atoms with van der Waals surface area (Å²) in [5.41, 5.74) is 0.923. The number of aliphatic carboxylic acids is 1. The number of rotatable bonds is 4. The molecule has 6 heteroatoms. The summed E-state index contributed by atoms with van der Waals surface area (Å²) in [6.07, 6.45) is 1.71. The molecule has 1 fully saturated rings. The standard InChI is InChI=1S/C13H17NO4S/c1-2-10-5-3-6-11(9-10)19(17,18)14-8-4-7-12(14)13(15)16/h3,5-6,9,12H,2,4,7-8H2,1H3,(H,15,16)/t12-/m0/s1. The fourth-order valence-electron chi connectivity index (χ4n) is 2.34. The van der Waals surface area contributed by atoms with Crippen LogP contribution in [-0.2, 0) is 21.2 Å². The Balaban J connectivity index is 2.38. The van der Waals surface area contributed by atoms with Crippen molar-refractivity contribution in [3.05, 3.63) is 29.8 Å². The van der Waals surface area contributed by atoms with E-state index in [9.17, 15) is 13.2 Å². The van der Waals surface area contributed by atoms with Gasteiger partial charge in [0.1, 0.15) is 6.04 Å². The van der Waals surface area contributed by atoms with E-state index in [0.717, 1.165) is 16.3 Å². The van der Waals surface area contributed by atoms with Crippen LogP contribution in [0.25, 0.3) is 0 Å². The van der Waals surface area contributed by atoms with E-state index in [0.29, 0.717) is 12.8 Å². The van der Waals surface area contributed by atoms with E-state index in [2.05, 4.69) is 0 Å². The zero-order valence-corrected chi connectivity index (χ0v) is 11.6. The van der Waals surface area contributed by atoms with Crippen molar-refractivity contribution in [2.75, 3.05) is 6.54 Å². The van der Waals surface area contributed by atoms with Gasteiger partial charge in [0, 0.05) is 6.54 Å². The molecule has 0 aromatic heterocycles. The molecule has 1 atom stereocenters. The average Bonchev–Trinajstić information content (AvgIpc) is 2.89. The molecule has 2 rings (SSSR count). The van der Waals surface area contributed by atoms with Crippen LogP contribution < -0.4 is 0 Å². The van der Waals surface area contributed by atoms with Gasteiger partial charge < -0.3 is 5.11 Å². The van der Waals surface area contributed by atoms with Crippen molar-refractivity contribution in [3.8, 4) is 0 Å². The molecule has 1 aliphatic rings. The Morgan fingerprint density at radius 1 is 1.47 bits per heavy atom. The maximum atomic E-state index is 12.5. The Morgan fingerprint density at radius 2 is 2.21 bits per heavy atom. The average molecular weight is 283 g/mol. The van der Waals surface area contributed by atoms with Gasteiger partial charge >= 0.3 is 5.97 Å². The Hall–Kier alpha value is -1.40. The van der Waals surface area contributed by atoms with E-state index < -0.39 is 22.0 Å². The van der Waals surface area contributed by atoms with Gasteiger partial charge in [-0.05, 0) is 37.0 Å². The second kappa shape index (κ2) is 5.30. The molecule has 0 amide bonds. The Morgan fingerprint density at radius 3 is 2.84 bits per heavy atom. The zero-order chi connectivity index (χ0) is 14.0. The summed E-state index contributed by atoms with van der Waals surface area (Å²) < 4.78 is 26.1. The molecule has 0 spiro atoms. The molecule has 0 unspecified atom stereocenters. The van der Waals surface area contributed by atoms with Gasteiger partial charge in [0.2, 0.25) is 10.0 Å². The Kier molecular flexibility index (Phi) is 3.91. The van der Waals surface area contributed by atoms with Crippen LogP contribution in [0.3, 0.4) is 0 Å². The normalized spacial score (nSPS) is 20.6. The highest BCUT2D eigenvalue weighted by Crippen LogP contribution is 2.26. The Bertz CT molecular complexity index is 582. The van der Waals surface area contributed by atoms with Crippen LogP contribution >= 0.6 is 0 Å². The van der Waals surface area contributed by atoms with Gasteiger partial charge in [0.15, 0.2) is 0 Å². The second-order valence-corrected chi connectivity index (χ2v) is 6.50. The molecule has 0 radical (unpaired) electrons. The second-order valence-electron chi connectivity index (χ2n) is 4.61. The van der Waals surface area contributed by atoms with Crippen molar-refractivity contribution in [3.63, 3.8) is 0 Å². The largest absolute Gasteiger partial charge is 0.480 e. The quantitative estimate of drug-likeness (QED) is 0.908. The van der Waals surface area contributed by atoms with E-state index in [-0.39, 0.29) is 11.4 Å². The van der Waals surface area contributed by atoms with E-state index >= 15 is 0 Å². The molecule has 5 nitrogen and oxygen atoms in total. The highest BCUT2D eigenvalue weighted by molar-refractivity contribution is 7.89. The SMILES string of the molecule is CCc1cccc(S(=O)(=O)N2CCC[C@H]2C(=O)O)c1. The van der Waals surface area contributed by atoms with Crippen LogP contribution in [0.15, 0.2) is 29.2 Å². The first kappa shape index (κ1) is 14.0. The number of benzene rings is 1. The monoisotopic (exact) mass is 283 g/mol. The Labute approximate surface area is 112 Å². The fraction of sp³-hybridized carbons (Fsp3) is 0.462. The summed E-state index contributed by atoms with van der Waals surface area (Å²) in [5.74, 6) is -1.08. The number of sulfonamides is 1. The summed E-state index contributed by atoms with van der Waals surface area (Å²) in [4.78, 5) is 11.3. The lowest BCUT2D eigenvalue weighted by Gasteiger charge is -2.21. The molecule has 1 aliphatic heterocycles. The zero-order valence-electron chi connectivity index (χ0n) is 10.7. The van der Waals surface area contributed by atoms with Crippen LogP contribution in [0.4, 0.5) is 0 Å². The molecule has 1 saturated heterocycles.